The van der Waals surface area contributed by atoms with Crippen LogP contribution in [0.2, 0.25) is 0 Å². The number of amides is 2. The topological polar surface area (TPSA) is 84.4 Å². The number of benzene rings is 2. The molecule has 1 aliphatic rings. The summed E-state index contributed by atoms with van der Waals surface area (Å²) < 4.78 is 33.4. The molecule has 0 fully saturated rings. The molecule has 7 nitrogen and oxygen atoms in total. The van der Waals surface area contributed by atoms with Gasteiger partial charge in [-0.05, 0) is 49.4 Å². The van der Waals surface area contributed by atoms with Crippen molar-refractivity contribution in [2.45, 2.75) is 19.9 Å². The number of nitrogens with one attached hydrogen (secondary N) is 1. The van der Waals surface area contributed by atoms with Crippen molar-refractivity contribution in [2.24, 2.45) is 0 Å². The van der Waals surface area contributed by atoms with Gasteiger partial charge in [-0.3, -0.25) is 19.9 Å². The fraction of sp³-hybridized carbons (Fsp3) is 0.185. The predicted molar refractivity (Wildman–Crippen MR) is 136 cm³/mol. The van der Waals surface area contributed by atoms with Gasteiger partial charge < -0.3 is 9.64 Å². The number of hydrogen-bond donors (Lipinski definition) is 1. The Morgan fingerprint density at radius 2 is 1.92 bits per heavy atom. The highest BCUT2D eigenvalue weighted by atomic mass is 32.1. The van der Waals surface area contributed by atoms with Crippen molar-refractivity contribution in [2.75, 3.05) is 19.0 Å². The molecular formula is C27H22F2N4O3S. The molecule has 188 valence electrons. The molecule has 0 spiro atoms. The first-order valence-electron chi connectivity index (χ1n) is 11.5. The summed E-state index contributed by atoms with van der Waals surface area (Å²) in [6.45, 7) is 2.55. The van der Waals surface area contributed by atoms with Crippen LogP contribution in [0.4, 0.5) is 13.9 Å². The van der Waals surface area contributed by atoms with Crippen molar-refractivity contribution in [3.63, 3.8) is 0 Å². The number of aromatic nitrogens is 2. The van der Waals surface area contributed by atoms with Crippen molar-refractivity contribution in [1.82, 2.24) is 14.9 Å². The number of methoxy groups -OCH3 is 1. The van der Waals surface area contributed by atoms with Crippen LogP contribution >= 0.6 is 11.3 Å². The van der Waals surface area contributed by atoms with Gasteiger partial charge in [0, 0.05) is 40.9 Å². The number of fused-ring (bicyclic) bond motifs is 1. The number of anilines is 1. The zero-order chi connectivity index (χ0) is 26.1. The predicted octanol–water partition coefficient (Wildman–Crippen LogP) is 5.25. The maximum Gasteiger partial charge on any atom is 0.259 e. The third kappa shape index (κ3) is 4.92. The van der Waals surface area contributed by atoms with Crippen LogP contribution in [0.5, 0.6) is 5.75 Å². The number of hydrogen-bond acceptors (Lipinski definition) is 6. The molecule has 1 aliphatic heterocycles. The number of ether oxygens (including phenoxy) is 1. The normalized spacial score (nSPS) is 12.7. The van der Waals surface area contributed by atoms with E-state index < -0.39 is 17.5 Å². The first kappa shape index (κ1) is 24.5. The lowest BCUT2D eigenvalue weighted by molar-refractivity contribution is 0.0736. The molecule has 4 aromatic rings. The summed E-state index contributed by atoms with van der Waals surface area (Å²) in [5, 5.41) is 3.18. The largest absolute Gasteiger partial charge is 0.496 e. The van der Waals surface area contributed by atoms with E-state index in [0.29, 0.717) is 47.2 Å². The standard InChI is InChI=1S/C27H22F2N4O3S/c1-15-12-18(24-20(29)4-3-5-22(24)36-2)19(13-30-15)25(34)32-27-31-21-10-11-33(14-23(21)37-27)26(35)16-6-8-17(28)9-7-16/h3-9,12-13H,10-11,14H2,1-2H3,(H,31,32,34). The third-order valence-corrected chi connectivity index (χ3v) is 7.08. The molecule has 2 aromatic carbocycles. The molecule has 0 saturated carbocycles. The highest BCUT2D eigenvalue weighted by Crippen LogP contribution is 2.36. The van der Waals surface area contributed by atoms with Gasteiger partial charge in [-0.1, -0.05) is 17.4 Å². The summed E-state index contributed by atoms with van der Waals surface area (Å²) in [5.74, 6) is -1.30. The van der Waals surface area contributed by atoms with Gasteiger partial charge in [0.15, 0.2) is 5.13 Å². The second-order valence-corrected chi connectivity index (χ2v) is 9.60. The van der Waals surface area contributed by atoms with Gasteiger partial charge in [0.1, 0.15) is 17.4 Å². The SMILES string of the molecule is COc1cccc(F)c1-c1cc(C)ncc1C(=O)Nc1nc2c(s1)CN(C(=O)c1ccc(F)cc1)CC2. The van der Waals surface area contributed by atoms with Gasteiger partial charge in [0.25, 0.3) is 11.8 Å². The summed E-state index contributed by atoms with van der Waals surface area (Å²) in [6.07, 6.45) is 1.93. The molecule has 0 atom stereocenters. The van der Waals surface area contributed by atoms with Gasteiger partial charge in [0.2, 0.25) is 0 Å². The van der Waals surface area contributed by atoms with Gasteiger partial charge in [0.05, 0.1) is 30.5 Å². The summed E-state index contributed by atoms with van der Waals surface area (Å²) in [6, 6.07) is 11.6. The Morgan fingerprint density at radius 1 is 1.14 bits per heavy atom. The van der Waals surface area contributed by atoms with E-state index in [1.807, 2.05) is 0 Å². The molecule has 10 heteroatoms. The van der Waals surface area contributed by atoms with Crippen LogP contribution in [0.3, 0.4) is 0 Å². The molecule has 0 aliphatic carbocycles. The zero-order valence-corrected chi connectivity index (χ0v) is 20.9. The van der Waals surface area contributed by atoms with Gasteiger partial charge in [-0.15, -0.1) is 0 Å². The number of carbonyl (C=O) groups excluding carboxylic acids is 2. The average Bonchev–Trinajstić information content (AvgIpc) is 3.29. The van der Waals surface area contributed by atoms with Crippen LogP contribution in [0, 0.1) is 18.6 Å². The van der Waals surface area contributed by atoms with E-state index in [2.05, 4.69) is 15.3 Å². The summed E-state index contributed by atoms with van der Waals surface area (Å²) in [5.41, 5.74) is 2.54. The summed E-state index contributed by atoms with van der Waals surface area (Å²) in [4.78, 5) is 37.4. The molecule has 3 heterocycles. The fourth-order valence-electron chi connectivity index (χ4n) is 4.25. The molecule has 1 N–H and O–H groups in total. The maximum absolute atomic E-state index is 14.8. The van der Waals surface area contributed by atoms with Crippen molar-refractivity contribution in [1.29, 1.82) is 0 Å². The molecular weight excluding hydrogens is 498 g/mol. The lowest BCUT2D eigenvalue weighted by Crippen LogP contribution is -2.35. The Morgan fingerprint density at radius 3 is 2.68 bits per heavy atom. The number of pyridine rings is 1. The molecule has 0 bridgehead atoms. The first-order valence-corrected chi connectivity index (χ1v) is 12.3. The molecule has 37 heavy (non-hydrogen) atoms. The first-order chi connectivity index (χ1) is 17.8. The van der Waals surface area contributed by atoms with E-state index in [1.54, 1.807) is 24.0 Å². The number of thiazole rings is 1. The van der Waals surface area contributed by atoms with Crippen molar-refractivity contribution in [3.8, 4) is 16.9 Å². The summed E-state index contributed by atoms with van der Waals surface area (Å²) in [7, 11) is 1.44. The Kier molecular flexibility index (Phi) is 6.66. The minimum Gasteiger partial charge on any atom is -0.496 e. The van der Waals surface area contributed by atoms with Crippen molar-refractivity contribution in [3.05, 3.63) is 93.8 Å². The highest BCUT2D eigenvalue weighted by molar-refractivity contribution is 7.15. The Hall–Kier alpha value is -4.18. The third-order valence-electron chi connectivity index (χ3n) is 6.08. The second kappa shape index (κ2) is 10.1. The molecule has 0 radical (unpaired) electrons. The Bertz CT molecular complexity index is 1500. The van der Waals surface area contributed by atoms with Crippen LogP contribution in [0.1, 0.15) is 37.0 Å². The molecule has 2 aromatic heterocycles. The quantitative estimate of drug-likeness (QED) is 0.389. The van der Waals surface area contributed by atoms with Crippen LogP contribution in [0.15, 0.2) is 54.7 Å². The van der Waals surface area contributed by atoms with Crippen LogP contribution in [-0.4, -0.2) is 40.3 Å². The van der Waals surface area contributed by atoms with Crippen molar-refractivity contribution >= 4 is 28.3 Å². The maximum atomic E-state index is 14.8. The Balaban J connectivity index is 1.38. The van der Waals surface area contributed by atoms with E-state index in [0.717, 1.165) is 10.6 Å². The van der Waals surface area contributed by atoms with Gasteiger partial charge in [-0.2, -0.15) is 0 Å². The molecule has 5 rings (SSSR count). The number of halogens is 2. The minimum absolute atomic E-state index is 0.175. The van der Waals surface area contributed by atoms with Crippen molar-refractivity contribution < 1.29 is 23.1 Å². The number of aryl methyl sites for hydroxylation is 1. The van der Waals surface area contributed by atoms with E-state index in [4.69, 9.17) is 4.74 Å². The molecule has 2 amide bonds. The molecule has 0 saturated heterocycles. The second-order valence-electron chi connectivity index (χ2n) is 8.51. The number of rotatable bonds is 5. The number of carbonyl (C=O) groups is 2. The van der Waals surface area contributed by atoms with Crippen LogP contribution in [-0.2, 0) is 13.0 Å². The van der Waals surface area contributed by atoms with E-state index in [-0.39, 0.29) is 17.0 Å². The van der Waals surface area contributed by atoms with Crippen LogP contribution < -0.4 is 10.1 Å². The lowest BCUT2D eigenvalue weighted by atomic mass is 9.98. The van der Waals surface area contributed by atoms with Crippen LogP contribution in [0.25, 0.3) is 11.1 Å². The minimum atomic E-state index is -0.519. The van der Waals surface area contributed by atoms with Gasteiger partial charge in [-0.25, -0.2) is 13.8 Å². The van der Waals surface area contributed by atoms with Gasteiger partial charge >= 0.3 is 0 Å². The summed E-state index contributed by atoms with van der Waals surface area (Å²) >= 11 is 1.28. The number of nitrogens with zero attached hydrogens (tertiary/aromatic N) is 3. The smallest absolute Gasteiger partial charge is 0.259 e. The average molecular weight is 521 g/mol. The fourth-order valence-corrected chi connectivity index (χ4v) is 5.26. The lowest BCUT2D eigenvalue weighted by Gasteiger charge is -2.26. The molecule has 0 unspecified atom stereocenters. The van der Waals surface area contributed by atoms with E-state index >= 15 is 0 Å². The Labute approximate surface area is 215 Å². The zero-order valence-electron chi connectivity index (χ0n) is 20.0. The van der Waals surface area contributed by atoms with E-state index in [1.165, 1.54) is 61.0 Å². The highest BCUT2D eigenvalue weighted by Gasteiger charge is 2.26. The monoisotopic (exact) mass is 520 g/mol. The van der Waals surface area contributed by atoms with E-state index in [9.17, 15) is 18.4 Å².